The Bertz CT molecular complexity index is 800. The Morgan fingerprint density at radius 3 is 1.86 bits per heavy atom. The molecule has 0 aliphatic heterocycles. The molecule has 29 heavy (non-hydrogen) atoms. The van der Waals surface area contributed by atoms with Gasteiger partial charge in [-0.3, -0.25) is 14.5 Å². The number of hydrogen-bond acceptors (Lipinski definition) is 4. The van der Waals surface area contributed by atoms with Crippen LogP contribution in [0.2, 0.25) is 0 Å². The monoisotopic (exact) mass is 436 g/mol. The number of sulfonamides is 1. The average Bonchev–Trinajstić information content (AvgIpc) is 2.64. The Hall–Kier alpha value is -1.94. The molecular weight excluding hydrogens is 409 g/mol. The van der Waals surface area contributed by atoms with Crippen LogP contribution in [0.3, 0.4) is 0 Å². The molecule has 0 aliphatic carbocycles. The maximum absolute atomic E-state index is 12.8. The number of rotatable bonds is 9. The van der Waals surface area contributed by atoms with Gasteiger partial charge in [-0.1, -0.05) is 27.7 Å². The van der Waals surface area contributed by atoms with E-state index in [9.17, 15) is 31.2 Å². The minimum Gasteiger partial charge on any atom is -0.274 e. The van der Waals surface area contributed by atoms with Crippen LogP contribution < -0.4 is 0 Å². The Balaban J connectivity index is 3.20. The largest absolute Gasteiger partial charge is 0.406 e. The van der Waals surface area contributed by atoms with E-state index >= 15 is 0 Å². The summed E-state index contributed by atoms with van der Waals surface area (Å²) in [6.45, 7) is 5.44. The Morgan fingerprint density at radius 1 is 1.00 bits per heavy atom. The van der Waals surface area contributed by atoms with E-state index in [0.29, 0.717) is 25.9 Å². The predicted octanol–water partition coefficient (Wildman–Crippen LogP) is 3.68. The fourth-order valence-corrected chi connectivity index (χ4v) is 4.29. The van der Waals surface area contributed by atoms with Crippen molar-refractivity contribution in [1.82, 2.24) is 9.21 Å². The maximum atomic E-state index is 12.8. The summed E-state index contributed by atoms with van der Waals surface area (Å²) < 4.78 is 65.3. The molecule has 0 unspecified atom stereocenters. The van der Waals surface area contributed by atoms with Gasteiger partial charge in [0.25, 0.3) is 5.91 Å². The zero-order valence-electron chi connectivity index (χ0n) is 17.0. The van der Waals surface area contributed by atoms with Gasteiger partial charge in [-0.2, -0.15) is 17.5 Å². The molecule has 6 nitrogen and oxygen atoms in total. The van der Waals surface area contributed by atoms with Crippen molar-refractivity contribution in [2.24, 2.45) is 5.92 Å². The lowest BCUT2D eigenvalue weighted by molar-refractivity contribution is -0.157. The van der Waals surface area contributed by atoms with Gasteiger partial charge in [0.05, 0.1) is 4.90 Å². The first-order chi connectivity index (χ1) is 13.3. The van der Waals surface area contributed by atoms with Crippen molar-refractivity contribution in [2.45, 2.75) is 51.6 Å². The van der Waals surface area contributed by atoms with Gasteiger partial charge in [0.15, 0.2) is 0 Å². The molecule has 164 valence electrons. The molecule has 0 spiro atoms. The third kappa shape index (κ3) is 6.81. The van der Waals surface area contributed by atoms with Crippen molar-refractivity contribution >= 4 is 21.8 Å². The second-order valence-electron chi connectivity index (χ2n) is 6.93. The SMILES string of the molecule is CCCN(CCC)S(=O)(=O)c1ccc(C(=O)N(CC(F)(F)F)C(=O)C(C)C)cc1. The molecule has 0 bridgehead atoms. The summed E-state index contributed by atoms with van der Waals surface area (Å²) in [7, 11) is -3.79. The van der Waals surface area contributed by atoms with Gasteiger partial charge in [-0.15, -0.1) is 0 Å². The standard InChI is InChI=1S/C19H27F3N2O4S/c1-5-11-23(12-6-2)29(27,28)16-9-7-15(8-10-16)18(26)24(13-19(20,21)22)17(25)14(3)4/h7-10,14H,5-6,11-13H2,1-4H3. The minimum absolute atomic E-state index is 0.0616. The van der Waals surface area contributed by atoms with E-state index in [1.807, 2.05) is 13.8 Å². The average molecular weight is 436 g/mol. The van der Waals surface area contributed by atoms with E-state index in [4.69, 9.17) is 0 Å². The number of hydrogen-bond donors (Lipinski definition) is 0. The second-order valence-corrected chi connectivity index (χ2v) is 8.87. The zero-order chi connectivity index (χ0) is 22.4. The van der Waals surface area contributed by atoms with Crippen molar-refractivity contribution in [2.75, 3.05) is 19.6 Å². The van der Waals surface area contributed by atoms with E-state index in [-0.39, 0.29) is 15.4 Å². The normalized spacial score (nSPS) is 12.4. The smallest absolute Gasteiger partial charge is 0.274 e. The molecule has 1 aromatic carbocycles. The highest BCUT2D eigenvalue weighted by Crippen LogP contribution is 2.22. The number of nitrogens with zero attached hydrogens (tertiary/aromatic N) is 2. The molecule has 10 heteroatoms. The number of carbonyl (C=O) groups is 2. The molecule has 0 saturated carbocycles. The fraction of sp³-hybridized carbons (Fsp3) is 0.579. The van der Waals surface area contributed by atoms with Gasteiger partial charge < -0.3 is 0 Å². The third-order valence-corrected chi connectivity index (χ3v) is 5.94. The second kappa shape index (κ2) is 10.2. The predicted molar refractivity (Wildman–Crippen MR) is 103 cm³/mol. The van der Waals surface area contributed by atoms with Crippen LogP contribution in [0.25, 0.3) is 0 Å². The van der Waals surface area contributed by atoms with Crippen molar-refractivity contribution in [3.05, 3.63) is 29.8 Å². The van der Waals surface area contributed by atoms with E-state index in [1.54, 1.807) is 0 Å². The molecule has 1 rings (SSSR count). The lowest BCUT2D eigenvalue weighted by Gasteiger charge is -2.24. The number of carbonyl (C=O) groups excluding carboxylic acids is 2. The highest BCUT2D eigenvalue weighted by molar-refractivity contribution is 7.89. The summed E-state index contributed by atoms with van der Waals surface area (Å²) in [6.07, 6.45) is -3.50. The molecule has 0 saturated heterocycles. The minimum atomic E-state index is -4.75. The van der Waals surface area contributed by atoms with Crippen molar-refractivity contribution in [3.63, 3.8) is 0 Å². The first kappa shape index (κ1) is 25.1. The van der Waals surface area contributed by atoms with Crippen molar-refractivity contribution in [1.29, 1.82) is 0 Å². The topological polar surface area (TPSA) is 74.8 Å². The molecule has 0 aromatic heterocycles. The highest BCUT2D eigenvalue weighted by Gasteiger charge is 2.37. The number of imide groups is 1. The molecule has 1 aromatic rings. The molecular formula is C19H27F3N2O4S. The molecule has 2 amide bonds. The van der Waals surface area contributed by atoms with Crippen LogP contribution in [-0.4, -0.2) is 55.2 Å². The number of amides is 2. The number of benzene rings is 1. The quantitative estimate of drug-likeness (QED) is 0.592. The molecule has 0 aliphatic rings. The summed E-state index contributed by atoms with van der Waals surface area (Å²) in [5, 5.41) is 0. The van der Waals surface area contributed by atoms with Crippen LogP contribution in [0, 0.1) is 5.92 Å². The van der Waals surface area contributed by atoms with E-state index in [2.05, 4.69) is 0 Å². The van der Waals surface area contributed by atoms with Crippen molar-refractivity contribution < 1.29 is 31.2 Å². The van der Waals surface area contributed by atoms with Gasteiger partial charge in [0.2, 0.25) is 15.9 Å². The Labute approximate surface area is 169 Å². The summed E-state index contributed by atoms with van der Waals surface area (Å²) in [4.78, 5) is 24.7. The summed E-state index contributed by atoms with van der Waals surface area (Å²) in [6, 6.07) is 4.60. The van der Waals surface area contributed by atoms with Crippen LogP contribution in [0.15, 0.2) is 29.2 Å². The number of alkyl halides is 3. The van der Waals surface area contributed by atoms with Crippen LogP contribution in [-0.2, 0) is 14.8 Å². The van der Waals surface area contributed by atoms with E-state index in [1.165, 1.54) is 30.3 Å². The number of halogens is 3. The van der Waals surface area contributed by atoms with Crippen molar-refractivity contribution in [3.8, 4) is 0 Å². The summed E-state index contributed by atoms with van der Waals surface area (Å²) >= 11 is 0. The van der Waals surface area contributed by atoms with Crippen LogP contribution in [0.5, 0.6) is 0 Å². The Morgan fingerprint density at radius 2 is 1.48 bits per heavy atom. The highest BCUT2D eigenvalue weighted by atomic mass is 32.2. The van der Waals surface area contributed by atoms with Gasteiger partial charge >= 0.3 is 6.18 Å². The van der Waals surface area contributed by atoms with Gasteiger partial charge in [0, 0.05) is 24.6 Å². The van der Waals surface area contributed by atoms with Gasteiger partial charge in [-0.05, 0) is 37.1 Å². The summed E-state index contributed by atoms with van der Waals surface area (Å²) in [5.74, 6) is -2.89. The van der Waals surface area contributed by atoms with Crippen LogP contribution >= 0.6 is 0 Å². The maximum Gasteiger partial charge on any atom is 0.406 e. The van der Waals surface area contributed by atoms with Crippen LogP contribution in [0.4, 0.5) is 13.2 Å². The molecule has 0 radical (unpaired) electrons. The first-order valence-electron chi connectivity index (χ1n) is 9.37. The van der Waals surface area contributed by atoms with Gasteiger partial charge in [-0.25, -0.2) is 8.42 Å². The van der Waals surface area contributed by atoms with E-state index in [0.717, 1.165) is 12.1 Å². The summed E-state index contributed by atoms with van der Waals surface area (Å²) in [5.41, 5.74) is -0.195. The van der Waals surface area contributed by atoms with Crippen LogP contribution in [0.1, 0.15) is 50.9 Å². The van der Waals surface area contributed by atoms with Gasteiger partial charge in [0.1, 0.15) is 6.54 Å². The molecule has 0 heterocycles. The molecule has 0 fully saturated rings. The fourth-order valence-electron chi connectivity index (χ4n) is 2.67. The lowest BCUT2D eigenvalue weighted by Crippen LogP contribution is -2.45. The molecule has 0 N–H and O–H groups in total. The first-order valence-corrected chi connectivity index (χ1v) is 10.8. The third-order valence-electron chi connectivity index (χ3n) is 4.03. The molecule has 0 atom stereocenters. The van der Waals surface area contributed by atoms with E-state index < -0.39 is 40.5 Å². The zero-order valence-corrected chi connectivity index (χ0v) is 17.8. The lowest BCUT2D eigenvalue weighted by atomic mass is 10.1. The Kier molecular flexibility index (Phi) is 8.83.